The summed E-state index contributed by atoms with van der Waals surface area (Å²) >= 11 is 6.34. The van der Waals surface area contributed by atoms with Gasteiger partial charge >= 0.3 is 0 Å². The molecule has 0 unspecified atom stereocenters. The zero-order chi connectivity index (χ0) is 14.0. The Morgan fingerprint density at radius 3 is 2.37 bits per heavy atom. The molecule has 19 heavy (non-hydrogen) atoms. The van der Waals surface area contributed by atoms with Gasteiger partial charge in [-0.1, -0.05) is 0 Å². The Balaban J connectivity index is 2.37. The summed E-state index contributed by atoms with van der Waals surface area (Å²) in [6, 6.07) is 8.86. The zero-order valence-electron chi connectivity index (χ0n) is 9.35. The predicted molar refractivity (Wildman–Crippen MR) is 76.2 cm³/mol. The van der Waals surface area contributed by atoms with Crippen LogP contribution in [0.4, 0.5) is 20.2 Å². The Bertz CT molecular complexity index is 658. The summed E-state index contributed by atoms with van der Waals surface area (Å²) in [5, 5.41) is 11.6. The molecule has 0 saturated heterocycles. The smallest absolute Gasteiger partial charge is 0.150 e. The maximum atomic E-state index is 13.6. The fourth-order valence-corrected chi connectivity index (χ4v) is 2.46. The number of halogens is 4. The lowest BCUT2D eigenvalue weighted by Gasteiger charge is -2.10. The first-order chi connectivity index (χ1) is 9.01. The van der Waals surface area contributed by atoms with Crippen LogP contribution in [0.5, 0.6) is 0 Å². The molecular weight excluding hydrogens is 382 g/mol. The third-order valence-electron chi connectivity index (χ3n) is 2.37. The molecule has 0 radical (unpaired) electrons. The third kappa shape index (κ3) is 3.11. The van der Waals surface area contributed by atoms with Crippen molar-refractivity contribution in [1.29, 1.82) is 5.26 Å². The van der Waals surface area contributed by atoms with Crippen molar-refractivity contribution in [3.05, 3.63) is 56.5 Å². The minimum Gasteiger partial charge on any atom is -0.352 e. The summed E-state index contributed by atoms with van der Waals surface area (Å²) in [4.78, 5) is 0. The van der Waals surface area contributed by atoms with Gasteiger partial charge in [0.05, 0.1) is 11.3 Å². The van der Waals surface area contributed by atoms with Crippen molar-refractivity contribution < 1.29 is 8.78 Å². The van der Waals surface area contributed by atoms with Gasteiger partial charge in [0, 0.05) is 20.7 Å². The standard InChI is InChI=1S/C13H6Br2F2N2/c14-10-5-9(2-1-7(10)6-18)19-13-11(15)3-8(16)4-12(13)17/h1-5,19H. The maximum absolute atomic E-state index is 13.6. The molecule has 2 nitrogen and oxygen atoms in total. The van der Waals surface area contributed by atoms with Gasteiger partial charge in [-0.25, -0.2) is 8.78 Å². The third-order valence-corrected chi connectivity index (χ3v) is 3.65. The number of nitrogens with one attached hydrogen (secondary N) is 1. The average Bonchev–Trinajstić information content (AvgIpc) is 2.34. The topological polar surface area (TPSA) is 35.8 Å². The average molecular weight is 388 g/mol. The normalized spacial score (nSPS) is 10.1. The molecule has 1 N–H and O–H groups in total. The second kappa shape index (κ2) is 5.68. The van der Waals surface area contributed by atoms with E-state index < -0.39 is 11.6 Å². The highest BCUT2D eigenvalue weighted by Crippen LogP contribution is 2.31. The summed E-state index contributed by atoms with van der Waals surface area (Å²) in [5.74, 6) is -1.36. The van der Waals surface area contributed by atoms with E-state index >= 15 is 0 Å². The van der Waals surface area contributed by atoms with E-state index in [-0.39, 0.29) is 10.2 Å². The largest absolute Gasteiger partial charge is 0.352 e. The van der Waals surface area contributed by atoms with E-state index in [1.54, 1.807) is 18.2 Å². The summed E-state index contributed by atoms with van der Waals surface area (Å²) < 4.78 is 27.5. The first kappa shape index (κ1) is 14.0. The molecule has 2 aromatic carbocycles. The van der Waals surface area contributed by atoms with Gasteiger partial charge in [-0.05, 0) is 56.1 Å². The summed E-state index contributed by atoms with van der Waals surface area (Å²) in [6.45, 7) is 0. The quantitative estimate of drug-likeness (QED) is 0.777. The van der Waals surface area contributed by atoms with E-state index in [0.717, 1.165) is 6.07 Å². The highest BCUT2D eigenvalue weighted by atomic mass is 79.9. The van der Waals surface area contributed by atoms with Crippen molar-refractivity contribution in [1.82, 2.24) is 0 Å². The summed E-state index contributed by atoms with van der Waals surface area (Å²) in [5.41, 5.74) is 1.19. The number of nitriles is 1. The van der Waals surface area contributed by atoms with Crippen LogP contribution in [-0.4, -0.2) is 0 Å². The second-order valence-electron chi connectivity index (χ2n) is 3.68. The molecule has 0 bridgehead atoms. The van der Waals surface area contributed by atoms with Crippen LogP contribution in [0.1, 0.15) is 5.56 Å². The monoisotopic (exact) mass is 386 g/mol. The zero-order valence-corrected chi connectivity index (χ0v) is 12.5. The number of hydrogen-bond acceptors (Lipinski definition) is 2. The van der Waals surface area contributed by atoms with Crippen molar-refractivity contribution >= 4 is 43.2 Å². The van der Waals surface area contributed by atoms with Crippen LogP contribution in [0.2, 0.25) is 0 Å². The molecule has 0 spiro atoms. The Kier molecular flexibility index (Phi) is 4.17. The van der Waals surface area contributed by atoms with Crippen molar-refractivity contribution in [2.24, 2.45) is 0 Å². The SMILES string of the molecule is N#Cc1ccc(Nc2c(F)cc(F)cc2Br)cc1Br. The number of rotatable bonds is 2. The lowest BCUT2D eigenvalue weighted by molar-refractivity contribution is 0.584. The van der Waals surface area contributed by atoms with Crippen LogP contribution in [0, 0.1) is 23.0 Å². The molecule has 2 rings (SSSR count). The van der Waals surface area contributed by atoms with E-state index in [4.69, 9.17) is 5.26 Å². The number of nitrogens with zero attached hydrogens (tertiary/aromatic N) is 1. The van der Waals surface area contributed by atoms with Crippen molar-refractivity contribution in [2.45, 2.75) is 0 Å². The Hall–Kier alpha value is -1.45. The van der Waals surface area contributed by atoms with Gasteiger partial charge in [-0.3, -0.25) is 0 Å². The molecule has 0 heterocycles. The fourth-order valence-electron chi connectivity index (χ4n) is 1.49. The molecule has 0 aliphatic carbocycles. The highest BCUT2D eigenvalue weighted by molar-refractivity contribution is 9.11. The van der Waals surface area contributed by atoms with E-state index in [9.17, 15) is 8.78 Å². The van der Waals surface area contributed by atoms with E-state index in [2.05, 4.69) is 37.2 Å². The molecule has 2 aromatic rings. The van der Waals surface area contributed by atoms with E-state index in [0.29, 0.717) is 15.7 Å². The number of benzene rings is 2. The maximum Gasteiger partial charge on any atom is 0.150 e. The van der Waals surface area contributed by atoms with Gasteiger partial charge in [-0.2, -0.15) is 5.26 Å². The van der Waals surface area contributed by atoms with Crippen LogP contribution in [-0.2, 0) is 0 Å². The van der Waals surface area contributed by atoms with Gasteiger partial charge in [-0.15, -0.1) is 0 Å². The van der Waals surface area contributed by atoms with Crippen molar-refractivity contribution in [3.8, 4) is 6.07 Å². The van der Waals surface area contributed by atoms with Crippen LogP contribution in [0.15, 0.2) is 39.3 Å². The predicted octanol–water partition coefficient (Wildman–Crippen LogP) is 5.11. The molecule has 0 aliphatic heterocycles. The summed E-state index contributed by atoms with van der Waals surface area (Å²) in [7, 11) is 0. The lowest BCUT2D eigenvalue weighted by Crippen LogP contribution is -1.96. The van der Waals surface area contributed by atoms with E-state index in [1.165, 1.54) is 6.07 Å². The minimum atomic E-state index is -0.702. The van der Waals surface area contributed by atoms with Crippen LogP contribution >= 0.6 is 31.9 Å². The molecule has 6 heteroatoms. The highest BCUT2D eigenvalue weighted by Gasteiger charge is 2.10. The van der Waals surface area contributed by atoms with Crippen molar-refractivity contribution in [2.75, 3.05) is 5.32 Å². The molecule has 0 aromatic heterocycles. The molecule has 0 saturated carbocycles. The molecule has 0 amide bonds. The molecule has 0 atom stereocenters. The molecule has 0 aliphatic rings. The van der Waals surface area contributed by atoms with Gasteiger partial charge < -0.3 is 5.32 Å². The molecular formula is C13H6Br2F2N2. The van der Waals surface area contributed by atoms with Crippen molar-refractivity contribution in [3.63, 3.8) is 0 Å². The van der Waals surface area contributed by atoms with Crippen LogP contribution < -0.4 is 5.32 Å². The summed E-state index contributed by atoms with van der Waals surface area (Å²) in [6.07, 6.45) is 0. The first-order valence-corrected chi connectivity index (χ1v) is 6.71. The fraction of sp³-hybridized carbons (Fsp3) is 0. The van der Waals surface area contributed by atoms with Gasteiger partial charge in [0.25, 0.3) is 0 Å². The molecule has 96 valence electrons. The van der Waals surface area contributed by atoms with Gasteiger partial charge in [0.1, 0.15) is 11.9 Å². The lowest BCUT2D eigenvalue weighted by atomic mass is 10.2. The Labute approximate surface area is 125 Å². The Morgan fingerprint density at radius 1 is 1.05 bits per heavy atom. The van der Waals surface area contributed by atoms with Gasteiger partial charge in [0.15, 0.2) is 5.82 Å². The second-order valence-corrected chi connectivity index (χ2v) is 5.38. The number of anilines is 2. The minimum absolute atomic E-state index is 0.137. The van der Waals surface area contributed by atoms with E-state index in [1.807, 2.05) is 6.07 Å². The van der Waals surface area contributed by atoms with Crippen LogP contribution in [0.3, 0.4) is 0 Å². The number of hydrogen-bond donors (Lipinski definition) is 1. The van der Waals surface area contributed by atoms with Gasteiger partial charge in [0.2, 0.25) is 0 Å². The Morgan fingerprint density at radius 2 is 1.79 bits per heavy atom. The van der Waals surface area contributed by atoms with Crippen LogP contribution in [0.25, 0.3) is 0 Å². The first-order valence-electron chi connectivity index (χ1n) is 5.12. The molecule has 0 fully saturated rings.